The Balaban J connectivity index is 4.01. The number of carbonyl (C=O) groups is 1. The minimum atomic E-state index is -0.252. The van der Waals surface area contributed by atoms with Gasteiger partial charge in [-0.2, -0.15) is 0 Å². The van der Waals surface area contributed by atoms with Gasteiger partial charge in [0.2, 0.25) is 5.91 Å². The third kappa shape index (κ3) is 8.43. The van der Waals surface area contributed by atoms with Crippen molar-refractivity contribution < 1.29 is 9.53 Å². The first-order valence-electron chi connectivity index (χ1n) is 5.39. The molecule has 0 heterocycles. The van der Waals surface area contributed by atoms with Gasteiger partial charge < -0.3 is 9.64 Å². The van der Waals surface area contributed by atoms with Gasteiger partial charge in [-0.3, -0.25) is 4.79 Å². The summed E-state index contributed by atoms with van der Waals surface area (Å²) in [6.07, 6.45) is 0. The quantitative estimate of drug-likeness (QED) is 0.723. The average molecular weight is 215 g/mol. The average Bonchev–Trinajstić information content (AvgIpc) is 1.95. The molecule has 0 unspecified atom stereocenters. The Kier molecular flexibility index (Phi) is 4.78. The van der Waals surface area contributed by atoms with Crippen molar-refractivity contribution in [2.24, 2.45) is 5.41 Å². The fourth-order valence-electron chi connectivity index (χ4n) is 1.19. The molecule has 0 aromatic heterocycles. The molecule has 0 atom stereocenters. The second-order valence-corrected chi connectivity index (χ2v) is 6.21. The number of hydrogen-bond donors (Lipinski definition) is 0. The summed E-state index contributed by atoms with van der Waals surface area (Å²) in [6, 6.07) is 0. The largest absolute Gasteiger partial charge is 0.366 e. The Morgan fingerprint density at radius 3 is 1.93 bits per heavy atom. The lowest BCUT2D eigenvalue weighted by atomic mass is 9.96. The SMILES string of the molecule is CN(CC(C)(C)C)C(=O)COC(C)(C)C. The molecule has 0 fully saturated rings. The van der Waals surface area contributed by atoms with Crippen LogP contribution in [0.4, 0.5) is 0 Å². The molecule has 1 amide bonds. The van der Waals surface area contributed by atoms with Crippen molar-refractivity contribution in [1.29, 1.82) is 0 Å². The lowest BCUT2D eigenvalue weighted by Gasteiger charge is -2.28. The van der Waals surface area contributed by atoms with Crippen LogP contribution < -0.4 is 0 Å². The summed E-state index contributed by atoms with van der Waals surface area (Å²) in [5.74, 6) is 0.0415. The number of nitrogens with zero attached hydrogens (tertiary/aromatic N) is 1. The predicted molar refractivity (Wildman–Crippen MR) is 62.8 cm³/mol. The second-order valence-electron chi connectivity index (χ2n) is 6.21. The van der Waals surface area contributed by atoms with Crippen LogP contribution in [0.25, 0.3) is 0 Å². The summed E-state index contributed by atoms with van der Waals surface area (Å²) in [5.41, 5.74) is -0.121. The molecule has 0 saturated heterocycles. The topological polar surface area (TPSA) is 29.5 Å². The summed E-state index contributed by atoms with van der Waals surface area (Å²) in [5, 5.41) is 0. The van der Waals surface area contributed by atoms with E-state index < -0.39 is 0 Å². The monoisotopic (exact) mass is 215 g/mol. The van der Waals surface area contributed by atoms with Crippen LogP contribution in [0.5, 0.6) is 0 Å². The van der Waals surface area contributed by atoms with Crippen molar-refractivity contribution in [3.05, 3.63) is 0 Å². The summed E-state index contributed by atoms with van der Waals surface area (Å²) in [6.45, 7) is 13.1. The molecule has 0 aliphatic heterocycles. The molecule has 0 saturated carbocycles. The molecular formula is C12H25NO2. The van der Waals surface area contributed by atoms with Crippen LogP contribution in [-0.2, 0) is 9.53 Å². The van der Waals surface area contributed by atoms with E-state index in [4.69, 9.17) is 4.74 Å². The third-order valence-electron chi connectivity index (χ3n) is 1.77. The van der Waals surface area contributed by atoms with Crippen molar-refractivity contribution in [2.75, 3.05) is 20.2 Å². The fourth-order valence-corrected chi connectivity index (χ4v) is 1.19. The highest BCUT2D eigenvalue weighted by Gasteiger charge is 2.19. The Labute approximate surface area is 93.8 Å². The van der Waals surface area contributed by atoms with Crippen LogP contribution in [0.2, 0.25) is 0 Å². The highest BCUT2D eigenvalue weighted by molar-refractivity contribution is 5.77. The van der Waals surface area contributed by atoms with Crippen LogP contribution in [-0.4, -0.2) is 36.6 Å². The molecule has 0 aliphatic rings. The zero-order valence-electron chi connectivity index (χ0n) is 11.2. The van der Waals surface area contributed by atoms with Crippen molar-refractivity contribution >= 4 is 5.91 Å². The fraction of sp³-hybridized carbons (Fsp3) is 0.917. The lowest BCUT2D eigenvalue weighted by Crippen LogP contribution is -2.38. The zero-order valence-corrected chi connectivity index (χ0v) is 11.2. The molecule has 0 aromatic rings. The van der Waals surface area contributed by atoms with Gasteiger partial charge in [0.15, 0.2) is 0 Å². The molecule has 0 bridgehead atoms. The normalized spacial score (nSPS) is 12.7. The van der Waals surface area contributed by atoms with Gasteiger partial charge in [-0.1, -0.05) is 20.8 Å². The van der Waals surface area contributed by atoms with Crippen LogP contribution >= 0.6 is 0 Å². The highest BCUT2D eigenvalue weighted by Crippen LogP contribution is 2.14. The van der Waals surface area contributed by atoms with Gasteiger partial charge in [0.1, 0.15) is 6.61 Å². The van der Waals surface area contributed by atoms with Crippen molar-refractivity contribution in [1.82, 2.24) is 4.90 Å². The van der Waals surface area contributed by atoms with Gasteiger partial charge in [-0.15, -0.1) is 0 Å². The maximum absolute atomic E-state index is 11.7. The van der Waals surface area contributed by atoms with E-state index in [9.17, 15) is 4.79 Å². The summed E-state index contributed by atoms with van der Waals surface area (Å²) in [7, 11) is 1.82. The van der Waals surface area contributed by atoms with Crippen molar-refractivity contribution in [2.45, 2.75) is 47.1 Å². The number of ether oxygens (including phenoxy) is 1. The van der Waals surface area contributed by atoms with E-state index in [-0.39, 0.29) is 23.5 Å². The van der Waals surface area contributed by atoms with Gasteiger partial charge in [0, 0.05) is 13.6 Å². The smallest absolute Gasteiger partial charge is 0.248 e. The molecule has 0 spiro atoms. The van der Waals surface area contributed by atoms with Crippen LogP contribution in [0.1, 0.15) is 41.5 Å². The molecule has 0 aliphatic carbocycles. The number of likely N-dealkylation sites (N-methyl/N-ethyl adjacent to an activating group) is 1. The first kappa shape index (κ1) is 14.4. The molecule has 0 rings (SSSR count). The third-order valence-corrected chi connectivity index (χ3v) is 1.77. The molecule has 15 heavy (non-hydrogen) atoms. The van der Waals surface area contributed by atoms with Gasteiger partial charge in [-0.05, 0) is 26.2 Å². The molecule has 0 radical (unpaired) electrons. The van der Waals surface area contributed by atoms with E-state index in [1.54, 1.807) is 4.90 Å². The van der Waals surface area contributed by atoms with Gasteiger partial charge in [0.05, 0.1) is 5.60 Å². The maximum Gasteiger partial charge on any atom is 0.248 e. The van der Waals surface area contributed by atoms with E-state index in [0.29, 0.717) is 0 Å². The van der Waals surface area contributed by atoms with E-state index >= 15 is 0 Å². The lowest BCUT2D eigenvalue weighted by molar-refractivity contribution is -0.140. The Morgan fingerprint density at radius 1 is 1.13 bits per heavy atom. The molecule has 3 nitrogen and oxygen atoms in total. The molecule has 0 N–H and O–H groups in total. The number of amides is 1. The Bertz CT molecular complexity index is 211. The van der Waals surface area contributed by atoms with Gasteiger partial charge in [0.25, 0.3) is 0 Å². The second kappa shape index (κ2) is 4.97. The first-order valence-corrected chi connectivity index (χ1v) is 5.39. The first-order chi connectivity index (χ1) is 6.51. The zero-order chi connectivity index (χ0) is 12.3. The Morgan fingerprint density at radius 2 is 1.60 bits per heavy atom. The summed E-state index contributed by atoms with van der Waals surface area (Å²) < 4.78 is 5.44. The van der Waals surface area contributed by atoms with Gasteiger partial charge in [-0.25, -0.2) is 0 Å². The molecule has 90 valence electrons. The molecule has 0 aromatic carbocycles. The van der Waals surface area contributed by atoms with E-state index in [0.717, 1.165) is 6.54 Å². The standard InChI is InChI=1S/C12H25NO2/c1-11(2,3)9-13(7)10(14)8-15-12(4,5)6/h8-9H2,1-7H3. The van der Waals surface area contributed by atoms with E-state index in [2.05, 4.69) is 20.8 Å². The highest BCUT2D eigenvalue weighted by atomic mass is 16.5. The van der Waals surface area contributed by atoms with Crippen molar-refractivity contribution in [3.63, 3.8) is 0 Å². The number of carbonyl (C=O) groups excluding carboxylic acids is 1. The summed E-state index contributed by atoms with van der Waals surface area (Å²) in [4.78, 5) is 13.4. The number of rotatable bonds is 3. The Hall–Kier alpha value is -0.570. The van der Waals surface area contributed by atoms with Gasteiger partial charge >= 0.3 is 0 Å². The van der Waals surface area contributed by atoms with E-state index in [1.165, 1.54) is 0 Å². The van der Waals surface area contributed by atoms with Crippen LogP contribution in [0.15, 0.2) is 0 Å². The minimum absolute atomic E-state index is 0.0415. The number of hydrogen-bond acceptors (Lipinski definition) is 2. The van der Waals surface area contributed by atoms with Crippen molar-refractivity contribution in [3.8, 4) is 0 Å². The van der Waals surface area contributed by atoms with Crippen LogP contribution in [0.3, 0.4) is 0 Å². The molecular weight excluding hydrogens is 190 g/mol. The minimum Gasteiger partial charge on any atom is -0.366 e. The van der Waals surface area contributed by atoms with Crippen LogP contribution in [0, 0.1) is 5.41 Å². The maximum atomic E-state index is 11.7. The predicted octanol–water partition coefficient (Wildman–Crippen LogP) is 2.31. The summed E-state index contributed by atoms with van der Waals surface area (Å²) >= 11 is 0. The van der Waals surface area contributed by atoms with E-state index in [1.807, 2.05) is 27.8 Å². The molecule has 3 heteroatoms.